The Hall–Kier alpha value is -3.83. The fraction of sp³-hybridized carbons (Fsp3) is 0.912. The monoisotopic (exact) mass is 1430 g/mol. The number of amides is 6. The van der Waals surface area contributed by atoms with Gasteiger partial charge in [0.15, 0.2) is 6.10 Å². The molecular formula is C68H133N7O22S. The lowest BCUT2D eigenvalue weighted by Crippen LogP contribution is -2.55. The zero-order valence-corrected chi connectivity index (χ0v) is 60.9. The highest BCUT2D eigenvalue weighted by molar-refractivity contribution is 7.91. The van der Waals surface area contributed by atoms with E-state index in [0.29, 0.717) is 152 Å². The molecular weight excluding hydrogens is 1300 g/mol. The number of carbonyl (C=O) groups is 6. The van der Waals surface area contributed by atoms with Crippen LogP contribution < -0.4 is 38.1 Å². The highest BCUT2D eigenvalue weighted by Gasteiger charge is 2.29. The SMILES string of the molecule is CCCCCCCCCCCCCCNC(=O)OC[C@H](C[S+]([O-])C[C@H](N)C(=O)N[C@@H](CO)C(=O)NCCOCCOCCOCCOCCOCCOCCOCCOCCOCCOCCOCCOCCC(=O)NCC(N)=O)OC(=O)NCCCCCCCCCCCCCC. The Balaban J connectivity index is 4.11. The molecule has 0 spiro atoms. The third kappa shape index (κ3) is 70.6. The summed E-state index contributed by atoms with van der Waals surface area (Å²) in [5.74, 6) is -3.03. The molecule has 0 heterocycles. The second-order valence-electron chi connectivity index (χ2n) is 23.5. The number of carbonyl (C=O) groups excluding carboxylic acids is 6. The van der Waals surface area contributed by atoms with Crippen LogP contribution in [0, 0.1) is 0 Å². The van der Waals surface area contributed by atoms with E-state index in [9.17, 15) is 38.4 Å². The first-order valence-electron chi connectivity index (χ1n) is 36.6. The van der Waals surface area contributed by atoms with Crippen molar-refractivity contribution in [3.05, 3.63) is 0 Å². The molecule has 0 rings (SSSR count). The number of nitrogens with one attached hydrogen (secondary N) is 5. The van der Waals surface area contributed by atoms with Crippen molar-refractivity contribution in [1.82, 2.24) is 26.6 Å². The van der Waals surface area contributed by atoms with Crippen molar-refractivity contribution in [3.8, 4) is 0 Å². The maximum atomic E-state index is 13.4. The van der Waals surface area contributed by atoms with Gasteiger partial charge in [-0.2, -0.15) is 0 Å². The molecule has 6 amide bonds. The van der Waals surface area contributed by atoms with E-state index < -0.39 is 65.9 Å². The van der Waals surface area contributed by atoms with Gasteiger partial charge in [0.25, 0.3) is 0 Å². The van der Waals surface area contributed by atoms with E-state index in [1.807, 2.05) is 0 Å². The minimum absolute atomic E-state index is 0.0832. The van der Waals surface area contributed by atoms with Gasteiger partial charge < -0.3 is 114 Å². The quantitative estimate of drug-likeness (QED) is 0.0291. The average molecular weight is 1430 g/mol. The van der Waals surface area contributed by atoms with Crippen LogP contribution in [0.3, 0.4) is 0 Å². The number of hydrogen-bond donors (Lipinski definition) is 8. The van der Waals surface area contributed by atoms with Crippen LogP contribution in [0.1, 0.15) is 174 Å². The van der Waals surface area contributed by atoms with Crippen LogP contribution in [0.25, 0.3) is 0 Å². The summed E-state index contributed by atoms with van der Waals surface area (Å²) in [5.41, 5.74) is 11.1. The molecule has 10 N–H and O–H groups in total. The molecule has 4 atom stereocenters. The Morgan fingerprint density at radius 1 is 0.398 bits per heavy atom. The summed E-state index contributed by atoms with van der Waals surface area (Å²) in [6, 6.07) is -2.68. The Labute approximate surface area is 589 Å². The molecule has 1 unspecified atom stereocenters. The van der Waals surface area contributed by atoms with Crippen molar-refractivity contribution in [2.24, 2.45) is 11.5 Å². The van der Waals surface area contributed by atoms with Crippen LogP contribution in [-0.4, -0.2) is 273 Å². The van der Waals surface area contributed by atoms with Crippen molar-refractivity contribution >= 4 is 47.0 Å². The minimum Gasteiger partial charge on any atom is -0.616 e. The van der Waals surface area contributed by atoms with Gasteiger partial charge in [-0.15, -0.1) is 0 Å². The van der Waals surface area contributed by atoms with Crippen LogP contribution in [0.4, 0.5) is 9.59 Å². The zero-order chi connectivity index (χ0) is 71.5. The second kappa shape index (κ2) is 75.8. The van der Waals surface area contributed by atoms with Crippen molar-refractivity contribution in [2.75, 3.05) is 209 Å². The third-order valence-electron chi connectivity index (χ3n) is 14.7. The van der Waals surface area contributed by atoms with Gasteiger partial charge in [-0.05, 0) is 24.0 Å². The lowest BCUT2D eigenvalue weighted by atomic mass is 10.1. The molecule has 0 fully saturated rings. The number of unbranched alkanes of at least 4 members (excludes halogenated alkanes) is 22. The summed E-state index contributed by atoms with van der Waals surface area (Å²) >= 11 is -1.84. The number of alkyl carbamates (subject to hydrolysis) is 2. The molecule has 0 aromatic heterocycles. The molecule has 0 aliphatic rings. The van der Waals surface area contributed by atoms with Crippen LogP contribution in [-0.2, 0) is 96.7 Å². The van der Waals surface area contributed by atoms with Crippen molar-refractivity contribution in [3.63, 3.8) is 0 Å². The summed E-state index contributed by atoms with van der Waals surface area (Å²) < 4.78 is 90.1. The Morgan fingerprint density at radius 3 is 1.07 bits per heavy atom. The van der Waals surface area contributed by atoms with E-state index in [2.05, 4.69) is 40.4 Å². The fourth-order valence-corrected chi connectivity index (χ4v) is 10.5. The molecule has 29 nitrogen and oxygen atoms in total. The fourth-order valence-electron chi connectivity index (χ4n) is 9.20. The van der Waals surface area contributed by atoms with Crippen molar-refractivity contribution < 1.29 is 105 Å². The molecule has 578 valence electrons. The number of rotatable bonds is 78. The standard InChI is InChI=1S/C68H133N7O22S/c1-3-5-7-9-11-13-15-17-19-21-23-25-28-72-67(81)96-57-60(97-68(82)73-29-26-24-22-20-18-16-14-12-10-8-6-4-2)58-98(83)59-61(69)65(79)75-62(56-76)66(80)71-30-32-85-34-36-87-38-40-89-42-44-91-46-48-93-50-52-95-54-53-94-51-49-92-47-45-90-43-41-88-39-37-86-35-33-84-31-27-64(78)74-55-63(70)77/h60-62,76H,3-59,69H2,1-2H3,(H2,70,77)(H,71,80)(H,72,81)(H,73,82)(H,74,78)(H,75,79)/t60-,61+,62+,98?/m1/s1. The molecule has 0 saturated heterocycles. The van der Waals surface area contributed by atoms with Gasteiger partial charge in [0, 0.05) is 26.1 Å². The summed E-state index contributed by atoms with van der Waals surface area (Å²) in [5, 5.41) is 22.8. The zero-order valence-electron chi connectivity index (χ0n) is 60.1. The summed E-state index contributed by atoms with van der Waals surface area (Å²) in [4.78, 5) is 73.4. The molecule has 0 aliphatic carbocycles. The van der Waals surface area contributed by atoms with E-state index in [1.54, 1.807) is 0 Å². The number of primary amides is 1. The lowest BCUT2D eigenvalue weighted by molar-refractivity contribution is -0.130. The number of nitrogens with two attached hydrogens (primary N) is 2. The van der Waals surface area contributed by atoms with Crippen LogP contribution in [0.2, 0.25) is 0 Å². The van der Waals surface area contributed by atoms with Crippen LogP contribution >= 0.6 is 0 Å². The van der Waals surface area contributed by atoms with E-state index in [1.165, 1.54) is 109 Å². The molecule has 0 aromatic carbocycles. The van der Waals surface area contributed by atoms with Gasteiger partial charge in [0.2, 0.25) is 23.6 Å². The van der Waals surface area contributed by atoms with Gasteiger partial charge >= 0.3 is 12.2 Å². The van der Waals surface area contributed by atoms with Crippen LogP contribution in [0.15, 0.2) is 0 Å². The summed E-state index contributed by atoms with van der Waals surface area (Å²) in [7, 11) is 0. The topological polar surface area (TPSA) is 387 Å². The maximum absolute atomic E-state index is 13.4. The highest BCUT2D eigenvalue weighted by atomic mass is 32.2. The molecule has 98 heavy (non-hydrogen) atoms. The van der Waals surface area contributed by atoms with Crippen molar-refractivity contribution in [1.29, 1.82) is 0 Å². The second-order valence-corrected chi connectivity index (χ2v) is 25.1. The van der Waals surface area contributed by atoms with Gasteiger partial charge in [-0.3, -0.25) is 19.2 Å². The first-order chi connectivity index (χ1) is 47.9. The average Bonchev–Trinajstić information content (AvgIpc) is 1.25. The van der Waals surface area contributed by atoms with E-state index >= 15 is 0 Å². The smallest absolute Gasteiger partial charge is 0.407 e. The van der Waals surface area contributed by atoms with Crippen molar-refractivity contribution in [2.45, 2.75) is 193 Å². The summed E-state index contributed by atoms with van der Waals surface area (Å²) in [6.45, 7) is 13.2. The maximum Gasteiger partial charge on any atom is 0.407 e. The third-order valence-corrected chi connectivity index (χ3v) is 16.2. The van der Waals surface area contributed by atoms with Gasteiger partial charge in [0.05, 0.1) is 172 Å². The Morgan fingerprint density at radius 2 is 0.724 bits per heavy atom. The number of aliphatic hydroxyl groups excluding tert-OH is 1. The van der Waals surface area contributed by atoms with E-state index in [4.69, 9.17) is 77.8 Å². The predicted octanol–water partition coefficient (Wildman–Crippen LogP) is 5.07. The van der Waals surface area contributed by atoms with Gasteiger partial charge in [-0.25, -0.2) is 9.59 Å². The molecule has 0 saturated carbocycles. The number of hydrogen-bond acceptors (Lipinski definition) is 23. The van der Waals surface area contributed by atoms with Gasteiger partial charge in [0.1, 0.15) is 30.2 Å². The van der Waals surface area contributed by atoms with E-state index in [0.717, 1.165) is 44.9 Å². The number of ether oxygens (including phenoxy) is 14. The molecule has 30 heteroatoms. The minimum atomic E-state index is -1.84. The molecule has 0 bridgehead atoms. The largest absolute Gasteiger partial charge is 0.616 e. The predicted molar refractivity (Wildman–Crippen MR) is 374 cm³/mol. The first-order valence-corrected chi connectivity index (χ1v) is 38.0. The Kier molecular flexibility index (Phi) is 72.9. The van der Waals surface area contributed by atoms with E-state index in [-0.39, 0.29) is 63.4 Å². The Bertz CT molecular complexity index is 1820. The molecule has 0 aromatic rings. The normalized spacial score (nSPS) is 12.6. The first kappa shape index (κ1) is 94.2. The summed E-state index contributed by atoms with van der Waals surface area (Å²) in [6.07, 6.45) is 26.2. The van der Waals surface area contributed by atoms with Crippen LogP contribution in [0.5, 0.6) is 0 Å². The number of aliphatic hydroxyl groups is 1. The van der Waals surface area contributed by atoms with Gasteiger partial charge in [-0.1, -0.05) is 155 Å². The highest BCUT2D eigenvalue weighted by Crippen LogP contribution is 2.14. The molecule has 0 radical (unpaired) electrons. The molecule has 0 aliphatic heterocycles. The lowest BCUT2D eigenvalue weighted by Gasteiger charge is -2.23.